The predicted octanol–water partition coefficient (Wildman–Crippen LogP) is 2.43. The molecule has 3 nitrogen and oxygen atoms in total. The van der Waals surface area contributed by atoms with Crippen LogP contribution >= 0.6 is 12.2 Å². The Morgan fingerprint density at radius 2 is 1.83 bits per heavy atom. The Hall–Kier alpha value is -1.78. The lowest BCUT2D eigenvalue weighted by Gasteiger charge is -2.05. The number of benzene rings is 1. The van der Waals surface area contributed by atoms with Gasteiger partial charge in [0.25, 0.3) is 0 Å². The fourth-order valence-electron chi connectivity index (χ4n) is 1.56. The average Bonchev–Trinajstić information content (AvgIpc) is 2.40. The third kappa shape index (κ3) is 3.61. The number of nitrogens with two attached hydrogens (primary N) is 1. The van der Waals surface area contributed by atoms with E-state index < -0.39 is 0 Å². The highest BCUT2D eigenvalue weighted by molar-refractivity contribution is 7.80. The van der Waals surface area contributed by atoms with Crippen LogP contribution in [0.2, 0.25) is 0 Å². The van der Waals surface area contributed by atoms with Crippen LogP contribution in [-0.4, -0.2) is 9.97 Å². The molecule has 0 amide bonds. The van der Waals surface area contributed by atoms with Gasteiger partial charge in [-0.15, -0.1) is 0 Å². The van der Waals surface area contributed by atoms with Gasteiger partial charge in [-0.05, 0) is 23.3 Å². The first kappa shape index (κ1) is 12.7. The van der Waals surface area contributed by atoms with Crippen LogP contribution in [0.3, 0.4) is 0 Å². The number of nitrogens with zero attached hydrogens (tertiary/aromatic N) is 1. The second kappa shape index (κ2) is 6.23. The number of hydrogen-bond acceptors (Lipinski definition) is 3. The first-order chi connectivity index (χ1) is 8.75. The van der Waals surface area contributed by atoms with E-state index in [1.54, 1.807) is 6.20 Å². The molecule has 2 N–H and O–H groups in total. The lowest BCUT2D eigenvalue weighted by Crippen LogP contribution is -2.11. The predicted molar refractivity (Wildman–Crippen MR) is 75.1 cm³/mol. The lowest BCUT2D eigenvalue weighted by molar-refractivity contribution is 0.107. The molecule has 2 rings (SSSR count). The maximum Gasteiger partial charge on any atom is 0.122 e. The minimum Gasteiger partial charge on any atom is -0.388 e. The molecule has 0 aliphatic heterocycles. The first-order valence-electron chi connectivity index (χ1n) is 5.62. The zero-order valence-corrected chi connectivity index (χ0v) is 10.7. The van der Waals surface area contributed by atoms with Crippen molar-refractivity contribution in [2.24, 2.45) is 5.73 Å². The largest absolute Gasteiger partial charge is 0.388 e. The monoisotopic (exact) mass is 258 g/mol. The van der Waals surface area contributed by atoms with Crippen molar-refractivity contribution < 1.29 is 4.74 Å². The van der Waals surface area contributed by atoms with Gasteiger partial charge in [0.2, 0.25) is 0 Å². The summed E-state index contributed by atoms with van der Waals surface area (Å²) < 4.78 is 5.63. The minimum absolute atomic E-state index is 0.305. The summed E-state index contributed by atoms with van der Waals surface area (Å²) in [6.07, 6.45) is 1.69. The summed E-state index contributed by atoms with van der Waals surface area (Å²) in [6.45, 7) is 1.11. The molecule has 0 saturated heterocycles. The van der Waals surface area contributed by atoms with Gasteiger partial charge < -0.3 is 10.5 Å². The van der Waals surface area contributed by atoms with Gasteiger partial charge in [-0.2, -0.15) is 0 Å². The van der Waals surface area contributed by atoms with Crippen molar-refractivity contribution in [1.29, 1.82) is 0 Å². The van der Waals surface area contributed by atoms with Crippen molar-refractivity contribution in [1.82, 2.24) is 4.98 Å². The molecule has 0 aliphatic rings. The van der Waals surface area contributed by atoms with E-state index in [9.17, 15) is 0 Å². The highest BCUT2D eigenvalue weighted by Crippen LogP contribution is 2.07. The number of ether oxygens (including phenoxy) is 1. The molecular formula is C14H14N2OS. The molecule has 0 aliphatic carbocycles. The van der Waals surface area contributed by atoms with Crippen molar-refractivity contribution in [2.45, 2.75) is 13.2 Å². The molecule has 1 aromatic carbocycles. The standard InChI is InChI=1S/C14H14N2OS/c15-14(18)13-8-12(6-7-16-13)10-17-9-11-4-2-1-3-5-11/h1-8H,9-10H2,(H2,15,18). The Morgan fingerprint density at radius 3 is 2.56 bits per heavy atom. The molecule has 0 radical (unpaired) electrons. The summed E-state index contributed by atoms with van der Waals surface area (Å²) in [5.74, 6) is 0. The Morgan fingerprint density at radius 1 is 1.11 bits per heavy atom. The van der Waals surface area contributed by atoms with Crippen LogP contribution in [0.4, 0.5) is 0 Å². The van der Waals surface area contributed by atoms with Crippen LogP contribution < -0.4 is 5.73 Å². The molecule has 4 heteroatoms. The number of aromatic nitrogens is 1. The van der Waals surface area contributed by atoms with E-state index >= 15 is 0 Å². The summed E-state index contributed by atoms with van der Waals surface area (Å²) >= 11 is 4.89. The van der Waals surface area contributed by atoms with E-state index in [2.05, 4.69) is 4.98 Å². The van der Waals surface area contributed by atoms with Crippen molar-refractivity contribution in [3.05, 3.63) is 65.5 Å². The van der Waals surface area contributed by atoms with Crippen LogP contribution in [0.15, 0.2) is 48.7 Å². The first-order valence-corrected chi connectivity index (χ1v) is 6.03. The molecular weight excluding hydrogens is 244 g/mol. The van der Waals surface area contributed by atoms with Gasteiger partial charge >= 0.3 is 0 Å². The summed E-state index contributed by atoms with van der Waals surface area (Å²) in [5, 5.41) is 0. The Bertz CT molecular complexity index is 528. The Kier molecular flexibility index (Phi) is 4.39. The molecule has 0 bridgehead atoms. The van der Waals surface area contributed by atoms with Crippen LogP contribution in [0.1, 0.15) is 16.8 Å². The van der Waals surface area contributed by atoms with Crippen molar-refractivity contribution in [2.75, 3.05) is 0 Å². The van der Waals surface area contributed by atoms with Crippen LogP contribution in [-0.2, 0) is 18.0 Å². The highest BCUT2D eigenvalue weighted by Gasteiger charge is 2.00. The van der Waals surface area contributed by atoms with E-state index in [1.165, 1.54) is 0 Å². The Balaban J connectivity index is 1.90. The topological polar surface area (TPSA) is 48.1 Å². The zero-order valence-electron chi connectivity index (χ0n) is 9.87. The van der Waals surface area contributed by atoms with E-state index in [0.29, 0.717) is 23.9 Å². The normalized spacial score (nSPS) is 10.2. The second-order valence-corrected chi connectivity index (χ2v) is 4.33. The van der Waals surface area contributed by atoms with E-state index in [0.717, 1.165) is 11.1 Å². The molecule has 18 heavy (non-hydrogen) atoms. The van der Waals surface area contributed by atoms with Gasteiger partial charge in [-0.3, -0.25) is 4.98 Å². The third-order valence-electron chi connectivity index (χ3n) is 2.46. The van der Waals surface area contributed by atoms with Crippen LogP contribution in [0.5, 0.6) is 0 Å². The SMILES string of the molecule is NC(=S)c1cc(COCc2ccccc2)ccn1. The van der Waals surface area contributed by atoms with Gasteiger partial charge in [0.05, 0.1) is 18.9 Å². The highest BCUT2D eigenvalue weighted by atomic mass is 32.1. The fourth-order valence-corrected chi connectivity index (χ4v) is 1.67. The smallest absolute Gasteiger partial charge is 0.122 e. The van der Waals surface area contributed by atoms with Gasteiger partial charge in [-0.25, -0.2) is 0 Å². The maximum atomic E-state index is 5.63. The van der Waals surface area contributed by atoms with Crippen molar-refractivity contribution in [3.63, 3.8) is 0 Å². The Labute approximate surface area is 112 Å². The second-order valence-electron chi connectivity index (χ2n) is 3.89. The number of thiocarbonyl (C=S) groups is 1. The molecule has 0 spiro atoms. The quantitative estimate of drug-likeness (QED) is 0.837. The number of rotatable bonds is 5. The van der Waals surface area contributed by atoms with Gasteiger partial charge in [-0.1, -0.05) is 42.5 Å². The van der Waals surface area contributed by atoms with Gasteiger partial charge in [0.1, 0.15) is 4.99 Å². The molecule has 0 unspecified atom stereocenters. The molecule has 2 aromatic rings. The summed E-state index contributed by atoms with van der Waals surface area (Å²) in [5.41, 5.74) is 8.33. The summed E-state index contributed by atoms with van der Waals surface area (Å²) in [4.78, 5) is 4.39. The van der Waals surface area contributed by atoms with E-state index in [-0.39, 0.29) is 0 Å². The molecule has 1 aromatic heterocycles. The van der Waals surface area contributed by atoms with Crippen LogP contribution in [0.25, 0.3) is 0 Å². The number of pyridine rings is 1. The molecule has 92 valence electrons. The molecule has 0 saturated carbocycles. The number of hydrogen-bond donors (Lipinski definition) is 1. The molecule has 0 atom stereocenters. The molecule has 0 fully saturated rings. The minimum atomic E-state index is 0.305. The van der Waals surface area contributed by atoms with Crippen molar-refractivity contribution >= 4 is 17.2 Å². The van der Waals surface area contributed by atoms with E-state index in [1.807, 2.05) is 42.5 Å². The molecule has 1 heterocycles. The summed E-state index contributed by atoms with van der Waals surface area (Å²) in [6, 6.07) is 13.8. The summed E-state index contributed by atoms with van der Waals surface area (Å²) in [7, 11) is 0. The average molecular weight is 258 g/mol. The van der Waals surface area contributed by atoms with Gasteiger partial charge in [0.15, 0.2) is 0 Å². The maximum absolute atomic E-state index is 5.63. The third-order valence-corrected chi connectivity index (χ3v) is 2.67. The fraction of sp³-hybridized carbons (Fsp3) is 0.143. The lowest BCUT2D eigenvalue weighted by atomic mass is 10.2. The van der Waals surface area contributed by atoms with Gasteiger partial charge in [0, 0.05) is 6.20 Å². The van der Waals surface area contributed by atoms with E-state index in [4.69, 9.17) is 22.7 Å². The zero-order chi connectivity index (χ0) is 12.8. The van der Waals surface area contributed by atoms with Crippen LogP contribution in [0, 0.1) is 0 Å². The van der Waals surface area contributed by atoms with Crippen molar-refractivity contribution in [3.8, 4) is 0 Å².